The van der Waals surface area contributed by atoms with Gasteiger partial charge in [0, 0.05) is 37.4 Å². The fraction of sp³-hybridized carbons (Fsp3) is 0.450. The molecule has 0 N–H and O–H groups in total. The number of piperidine rings is 1. The molecule has 2 aromatic heterocycles. The van der Waals surface area contributed by atoms with Gasteiger partial charge in [-0.3, -0.25) is 4.68 Å². The van der Waals surface area contributed by atoms with Crippen LogP contribution in [0.3, 0.4) is 0 Å². The summed E-state index contributed by atoms with van der Waals surface area (Å²) in [5, 5.41) is 14.8. The van der Waals surface area contributed by atoms with Crippen LogP contribution in [0.25, 0.3) is 10.8 Å². The van der Waals surface area contributed by atoms with Gasteiger partial charge in [-0.1, -0.05) is 0 Å². The van der Waals surface area contributed by atoms with Gasteiger partial charge in [-0.15, -0.1) is 5.10 Å². The first-order valence-corrected chi connectivity index (χ1v) is 9.42. The normalized spacial score (nSPS) is 15.0. The average Bonchev–Trinajstić information content (AvgIpc) is 3.25. The summed E-state index contributed by atoms with van der Waals surface area (Å²) in [7, 11) is 4.85. The Hall–Kier alpha value is -3.03. The van der Waals surface area contributed by atoms with E-state index in [2.05, 4.69) is 20.2 Å². The van der Waals surface area contributed by atoms with Crippen molar-refractivity contribution in [3.8, 4) is 17.2 Å². The smallest absolute Gasteiger partial charge is 0.204 e. The summed E-state index contributed by atoms with van der Waals surface area (Å²) in [6.45, 7) is 2.81. The van der Waals surface area contributed by atoms with Crippen molar-refractivity contribution >= 4 is 16.6 Å². The van der Waals surface area contributed by atoms with Crippen LogP contribution in [0.5, 0.6) is 17.2 Å². The molecule has 0 amide bonds. The van der Waals surface area contributed by atoms with Crippen molar-refractivity contribution in [1.29, 1.82) is 0 Å². The van der Waals surface area contributed by atoms with Gasteiger partial charge >= 0.3 is 0 Å². The van der Waals surface area contributed by atoms with E-state index in [1.165, 1.54) is 0 Å². The number of fused-ring (bicyclic) bond motifs is 1. The van der Waals surface area contributed by atoms with Crippen LogP contribution in [0.4, 0.5) is 5.82 Å². The van der Waals surface area contributed by atoms with Crippen LogP contribution in [0.1, 0.15) is 12.8 Å². The predicted molar refractivity (Wildman–Crippen MR) is 106 cm³/mol. The van der Waals surface area contributed by atoms with Crippen molar-refractivity contribution in [2.75, 3.05) is 39.3 Å². The van der Waals surface area contributed by atoms with Crippen LogP contribution in [-0.2, 0) is 6.54 Å². The van der Waals surface area contributed by atoms with Gasteiger partial charge in [0.25, 0.3) is 0 Å². The maximum atomic E-state index is 5.61. The van der Waals surface area contributed by atoms with Crippen molar-refractivity contribution < 1.29 is 14.2 Å². The van der Waals surface area contributed by atoms with Crippen LogP contribution >= 0.6 is 0 Å². The summed E-state index contributed by atoms with van der Waals surface area (Å²) in [5.41, 5.74) is 0. The van der Waals surface area contributed by atoms with E-state index in [-0.39, 0.29) is 0 Å². The fourth-order valence-corrected chi connectivity index (χ4v) is 3.92. The van der Waals surface area contributed by atoms with Crippen molar-refractivity contribution in [2.45, 2.75) is 19.4 Å². The number of anilines is 1. The highest BCUT2D eigenvalue weighted by atomic mass is 16.5. The average molecular weight is 383 g/mol. The second-order valence-corrected chi connectivity index (χ2v) is 6.93. The molecule has 0 bridgehead atoms. The Labute approximate surface area is 164 Å². The summed E-state index contributed by atoms with van der Waals surface area (Å²) in [6, 6.07) is 3.92. The monoisotopic (exact) mass is 383 g/mol. The Kier molecular flexibility index (Phi) is 5.18. The lowest BCUT2D eigenvalue weighted by Gasteiger charge is -2.33. The Morgan fingerprint density at radius 2 is 1.82 bits per heavy atom. The van der Waals surface area contributed by atoms with E-state index in [1.54, 1.807) is 27.5 Å². The molecule has 0 aliphatic carbocycles. The molecule has 0 unspecified atom stereocenters. The minimum absolute atomic E-state index is 0.564. The van der Waals surface area contributed by atoms with Gasteiger partial charge in [-0.25, -0.2) is 0 Å². The molecule has 0 spiro atoms. The fourth-order valence-electron chi connectivity index (χ4n) is 3.92. The highest BCUT2D eigenvalue weighted by molar-refractivity contribution is 5.99. The Morgan fingerprint density at radius 3 is 2.46 bits per heavy atom. The van der Waals surface area contributed by atoms with Crippen LogP contribution in [0.2, 0.25) is 0 Å². The van der Waals surface area contributed by atoms with Gasteiger partial charge < -0.3 is 19.1 Å². The zero-order valence-electron chi connectivity index (χ0n) is 16.5. The number of hydrogen-bond donors (Lipinski definition) is 0. The topological polar surface area (TPSA) is 74.5 Å². The van der Waals surface area contributed by atoms with Crippen molar-refractivity contribution in [3.05, 3.63) is 30.7 Å². The number of hydrogen-bond acceptors (Lipinski definition) is 7. The third kappa shape index (κ3) is 3.30. The van der Waals surface area contributed by atoms with Gasteiger partial charge in [0.05, 0.1) is 32.9 Å². The maximum Gasteiger partial charge on any atom is 0.204 e. The largest absolute Gasteiger partial charge is 0.493 e. The summed E-state index contributed by atoms with van der Waals surface area (Å²) in [6.07, 6.45) is 7.74. The first-order valence-electron chi connectivity index (χ1n) is 9.42. The third-order valence-corrected chi connectivity index (χ3v) is 5.37. The minimum atomic E-state index is 0.564. The lowest BCUT2D eigenvalue weighted by molar-refractivity contribution is 0.327. The molecule has 8 nitrogen and oxygen atoms in total. The number of ether oxygens (including phenoxy) is 3. The van der Waals surface area contributed by atoms with E-state index >= 15 is 0 Å². The first-order chi connectivity index (χ1) is 13.7. The number of methoxy groups -OCH3 is 3. The zero-order chi connectivity index (χ0) is 19.5. The second-order valence-electron chi connectivity index (χ2n) is 6.93. The van der Waals surface area contributed by atoms with Crippen LogP contribution in [0, 0.1) is 5.92 Å². The molecule has 148 valence electrons. The second kappa shape index (κ2) is 7.92. The van der Waals surface area contributed by atoms with Crippen molar-refractivity contribution in [2.24, 2.45) is 5.92 Å². The van der Waals surface area contributed by atoms with Crippen LogP contribution < -0.4 is 19.1 Å². The number of aromatic nitrogens is 4. The molecule has 8 heteroatoms. The quantitative estimate of drug-likeness (QED) is 0.648. The summed E-state index contributed by atoms with van der Waals surface area (Å²) >= 11 is 0. The standard InChI is InChI=1S/C20H25N5O3/c1-26-17-11-15-16(18(27-2)19(17)28-3)12-21-23-20(15)24-9-5-14(6-10-24)13-25-8-4-7-22-25/h4,7-8,11-12,14H,5-6,9-10,13H2,1-3H3. The van der Waals surface area contributed by atoms with E-state index < -0.39 is 0 Å². The van der Waals surface area contributed by atoms with E-state index in [1.807, 2.05) is 29.2 Å². The molecule has 28 heavy (non-hydrogen) atoms. The van der Waals surface area contributed by atoms with E-state index in [9.17, 15) is 0 Å². The van der Waals surface area contributed by atoms with E-state index in [0.717, 1.165) is 49.1 Å². The molecule has 0 saturated carbocycles. The molecule has 1 aromatic carbocycles. The van der Waals surface area contributed by atoms with Crippen LogP contribution in [-0.4, -0.2) is 54.4 Å². The highest BCUT2D eigenvalue weighted by Gasteiger charge is 2.25. The van der Waals surface area contributed by atoms with Crippen molar-refractivity contribution in [1.82, 2.24) is 20.0 Å². The molecule has 1 aliphatic rings. The summed E-state index contributed by atoms with van der Waals surface area (Å²) < 4.78 is 18.6. The molecule has 1 fully saturated rings. The predicted octanol–water partition coefficient (Wildman–Crippen LogP) is 2.77. The molecular formula is C20H25N5O3. The van der Waals surface area contributed by atoms with Gasteiger partial charge in [0.1, 0.15) is 0 Å². The van der Waals surface area contributed by atoms with E-state index in [4.69, 9.17) is 14.2 Å². The Bertz CT molecular complexity index is 937. The first kappa shape index (κ1) is 18.3. The van der Waals surface area contributed by atoms with Gasteiger partial charge in [-0.05, 0) is 30.9 Å². The lowest BCUT2D eigenvalue weighted by atomic mass is 9.96. The van der Waals surface area contributed by atoms with E-state index in [0.29, 0.717) is 23.2 Å². The minimum Gasteiger partial charge on any atom is -0.493 e. The van der Waals surface area contributed by atoms with Crippen LogP contribution in [0.15, 0.2) is 30.7 Å². The lowest BCUT2D eigenvalue weighted by Crippen LogP contribution is -2.35. The molecular weight excluding hydrogens is 358 g/mol. The molecule has 4 rings (SSSR count). The Balaban J connectivity index is 1.62. The third-order valence-electron chi connectivity index (χ3n) is 5.37. The van der Waals surface area contributed by atoms with Gasteiger partial charge in [-0.2, -0.15) is 10.2 Å². The Morgan fingerprint density at radius 1 is 1.04 bits per heavy atom. The molecule has 3 aromatic rings. The molecule has 0 radical (unpaired) electrons. The van der Waals surface area contributed by atoms with Gasteiger partial charge in [0.15, 0.2) is 17.3 Å². The zero-order valence-corrected chi connectivity index (χ0v) is 16.5. The maximum absolute atomic E-state index is 5.61. The highest BCUT2D eigenvalue weighted by Crippen LogP contribution is 2.45. The van der Waals surface area contributed by atoms with Crippen molar-refractivity contribution in [3.63, 3.8) is 0 Å². The SMILES string of the molecule is COc1cc2c(N3CCC(Cn4cccn4)CC3)nncc2c(OC)c1OC. The number of nitrogens with zero attached hydrogens (tertiary/aromatic N) is 5. The number of rotatable bonds is 6. The summed E-state index contributed by atoms with van der Waals surface area (Å²) in [5.74, 6) is 3.27. The number of benzene rings is 1. The molecule has 3 heterocycles. The van der Waals surface area contributed by atoms with Gasteiger partial charge in [0.2, 0.25) is 5.75 Å². The molecule has 1 saturated heterocycles. The molecule has 1 aliphatic heterocycles. The summed E-state index contributed by atoms with van der Waals surface area (Å²) in [4.78, 5) is 2.29. The molecule has 0 atom stereocenters.